The third kappa shape index (κ3) is 3.97. The molecule has 0 aromatic heterocycles. The summed E-state index contributed by atoms with van der Waals surface area (Å²) in [6.07, 6.45) is 0.511. The van der Waals surface area contributed by atoms with Crippen LogP contribution in [0.4, 0.5) is 8.78 Å². The Labute approximate surface area is 101 Å². The zero-order chi connectivity index (χ0) is 12.8. The van der Waals surface area contributed by atoms with Crippen LogP contribution in [0, 0.1) is 11.6 Å². The van der Waals surface area contributed by atoms with E-state index < -0.39 is 11.6 Å². The molecule has 1 atom stereocenters. The Bertz CT molecular complexity index is 345. The Morgan fingerprint density at radius 2 is 1.82 bits per heavy atom. The number of ether oxygens (including phenoxy) is 1. The lowest BCUT2D eigenvalue weighted by Gasteiger charge is -2.14. The Kier molecular flexibility index (Phi) is 5.35. The van der Waals surface area contributed by atoms with Crippen LogP contribution < -0.4 is 10.1 Å². The van der Waals surface area contributed by atoms with Crippen molar-refractivity contribution in [2.75, 3.05) is 6.54 Å². The maximum atomic E-state index is 13.6. The van der Waals surface area contributed by atoms with Crippen LogP contribution >= 0.6 is 0 Å². The molecule has 2 nitrogen and oxygen atoms in total. The molecule has 1 rings (SSSR count). The molecule has 0 heterocycles. The van der Waals surface area contributed by atoms with Crippen LogP contribution in [0.1, 0.15) is 32.8 Å². The summed E-state index contributed by atoms with van der Waals surface area (Å²) >= 11 is 0. The minimum absolute atomic E-state index is 0.196. The zero-order valence-electron chi connectivity index (χ0n) is 10.5. The molecule has 4 heteroatoms. The van der Waals surface area contributed by atoms with Crippen molar-refractivity contribution < 1.29 is 13.5 Å². The number of halogens is 2. The molecule has 96 valence electrons. The lowest BCUT2D eigenvalue weighted by atomic mass is 10.2. The van der Waals surface area contributed by atoms with Crippen LogP contribution in [-0.4, -0.2) is 12.6 Å². The summed E-state index contributed by atoms with van der Waals surface area (Å²) in [5, 5.41) is 3.02. The van der Waals surface area contributed by atoms with E-state index in [1.807, 2.05) is 13.8 Å². The molecule has 0 saturated heterocycles. The predicted octanol–water partition coefficient (Wildman–Crippen LogP) is 3.25. The van der Waals surface area contributed by atoms with Gasteiger partial charge in [0, 0.05) is 6.54 Å². The SMILES string of the molecule is CCNCc1cc(F)c(OC(C)CC)c(F)c1. The molecule has 0 spiro atoms. The molecule has 1 aromatic rings. The quantitative estimate of drug-likeness (QED) is 0.828. The molecular formula is C13H19F2NO. The smallest absolute Gasteiger partial charge is 0.191 e. The van der Waals surface area contributed by atoms with Gasteiger partial charge in [0.1, 0.15) is 0 Å². The number of rotatable bonds is 6. The van der Waals surface area contributed by atoms with Crippen molar-refractivity contribution in [3.8, 4) is 5.75 Å². The standard InChI is InChI=1S/C13H19F2NO/c1-4-9(3)17-13-11(14)6-10(7-12(13)15)8-16-5-2/h6-7,9,16H,4-5,8H2,1-3H3. The van der Waals surface area contributed by atoms with Gasteiger partial charge < -0.3 is 10.1 Å². The first-order valence-corrected chi connectivity index (χ1v) is 5.93. The molecule has 0 amide bonds. The van der Waals surface area contributed by atoms with Crippen molar-refractivity contribution in [3.63, 3.8) is 0 Å². The van der Waals surface area contributed by atoms with Gasteiger partial charge in [-0.05, 0) is 37.6 Å². The van der Waals surface area contributed by atoms with Crippen LogP contribution in [0.25, 0.3) is 0 Å². The van der Waals surface area contributed by atoms with Gasteiger partial charge in [-0.2, -0.15) is 0 Å². The summed E-state index contributed by atoms with van der Waals surface area (Å²) in [7, 11) is 0. The van der Waals surface area contributed by atoms with E-state index in [-0.39, 0.29) is 11.9 Å². The van der Waals surface area contributed by atoms with E-state index >= 15 is 0 Å². The van der Waals surface area contributed by atoms with E-state index in [2.05, 4.69) is 5.32 Å². The highest BCUT2D eigenvalue weighted by Crippen LogP contribution is 2.24. The lowest BCUT2D eigenvalue weighted by molar-refractivity contribution is 0.197. The fraction of sp³-hybridized carbons (Fsp3) is 0.538. The summed E-state index contributed by atoms with van der Waals surface area (Å²) in [5.74, 6) is -1.56. The minimum atomic E-state index is -0.641. The second-order valence-electron chi connectivity index (χ2n) is 4.01. The molecular weight excluding hydrogens is 224 g/mol. The summed E-state index contributed by atoms with van der Waals surface area (Å²) < 4.78 is 32.5. The van der Waals surface area contributed by atoms with Crippen molar-refractivity contribution in [2.45, 2.75) is 39.8 Å². The Balaban J connectivity index is 2.86. The number of hydrogen-bond acceptors (Lipinski definition) is 2. The fourth-order valence-corrected chi connectivity index (χ4v) is 1.38. The first-order valence-electron chi connectivity index (χ1n) is 5.93. The van der Waals surface area contributed by atoms with Crippen molar-refractivity contribution in [3.05, 3.63) is 29.3 Å². The Hall–Kier alpha value is -1.16. The summed E-state index contributed by atoms with van der Waals surface area (Å²) in [4.78, 5) is 0. The summed E-state index contributed by atoms with van der Waals surface area (Å²) in [6, 6.07) is 2.62. The van der Waals surface area contributed by atoms with Crippen LogP contribution in [0.2, 0.25) is 0 Å². The molecule has 17 heavy (non-hydrogen) atoms. The van der Waals surface area contributed by atoms with Gasteiger partial charge in [0.15, 0.2) is 17.4 Å². The molecule has 0 radical (unpaired) electrons. The van der Waals surface area contributed by atoms with Gasteiger partial charge in [0.05, 0.1) is 6.10 Å². The van der Waals surface area contributed by atoms with Gasteiger partial charge in [-0.15, -0.1) is 0 Å². The lowest BCUT2D eigenvalue weighted by Crippen LogP contribution is -2.14. The van der Waals surface area contributed by atoms with Crippen molar-refractivity contribution >= 4 is 0 Å². The molecule has 1 N–H and O–H groups in total. The van der Waals surface area contributed by atoms with Crippen molar-refractivity contribution in [1.29, 1.82) is 0 Å². The van der Waals surface area contributed by atoms with Gasteiger partial charge in [-0.1, -0.05) is 13.8 Å². The maximum Gasteiger partial charge on any atom is 0.191 e. The van der Waals surface area contributed by atoms with Crippen LogP contribution in [0.15, 0.2) is 12.1 Å². The molecule has 0 fully saturated rings. The van der Waals surface area contributed by atoms with E-state index in [0.29, 0.717) is 18.5 Å². The van der Waals surface area contributed by atoms with Gasteiger partial charge in [-0.3, -0.25) is 0 Å². The molecule has 0 bridgehead atoms. The van der Waals surface area contributed by atoms with Gasteiger partial charge >= 0.3 is 0 Å². The van der Waals surface area contributed by atoms with Crippen molar-refractivity contribution in [2.24, 2.45) is 0 Å². The molecule has 0 aliphatic rings. The van der Waals surface area contributed by atoms with E-state index in [9.17, 15) is 8.78 Å². The van der Waals surface area contributed by atoms with Crippen LogP contribution in [0.3, 0.4) is 0 Å². The molecule has 0 aliphatic heterocycles. The molecule has 1 unspecified atom stereocenters. The average molecular weight is 243 g/mol. The first-order chi connectivity index (χ1) is 8.08. The van der Waals surface area contributed by atoms with E-state index in [0.717, 1.165) is 6.54 Å². The average Bonchev–Trinajstić information content (AvgIpc) is 2.30. The number of nitrogens with one attached hydrogen (secondary N) is 1. The molecule has 0 aliphatic carbocycles. The summed E-state index contributed by atoms with van der Waals surface area (Å²) in [5.41, 5.74) is 0.582. The van der Waals surface area contributed by atoms with Crippen LogP contribution in [0.5, 0.6) is 5.75 Å². The van der Waals surface area contributed by atoms with E-state index in [1.54, 1.807) is 6.92 Å². The fourth-order valence-electron chi connectivity index (χ4n) is 1.38. The summed E-state index contributed by atoms with van der Waals surface area (Å²) in [6.45, 7) is 6.83. The monoisotopic (exact) mass is 243 g/mol. The zero-order valence-corrected chi connectivity index (χ0v) is 10.5. The highest BCUT2D eigenvalue weighted by Gasteiger charge is 2.14. The van der Waals surface area contributed by atoms with Gasteiger partial charge in [0.2, 0.25) is 0 Å². The molecule has 1 aromatic carbocycles. The second kappa shape index (κ2) is 6.55. The Morgan fingerprint density at radius 1 is 1.24 bits per heavy atom. The van der Waals surface area contributed by atoms with E-state index in [1.165, 1.54) is 12.1 Å². The topological polar surface area (TPSA) is 21.3 Å². The third-order valence-corrected chi connectivity index (χ3v) is 2.53. The Morgan fingerprint density at radius 3 is 2.29 bits per heavy atom. The molecule has 0 saturated carbocycles. The number of benzene rings is 1. The van der Waals surface area contributed by atoms with Gasteiger partial charge in [-0.25, -0.2) is 8.78 Å². The highest BCUT2D eigenvalue weighted by atomic mass is 19.1. The predicted molar refractivity (Wildman–Crippen MR) is 64.1 cm³/mol. The minimum Gasteiger partial charge on any atom is -0.485 e. The van der Waals surface area contributed by atoms with E-state index in [4.69, 9.17) is 4.74 Å². The number of hydrogen-bond donors (Lipinski definition) is 1. The van der Waals surface area contributed by atoms with Crippen LogP contribution in [-0.2, 0) is 6.54 Å². The normalized spacial score (nSPS) is 12.5. The largest absolute Gasteiger partial charge is 0.485 e. The third-order valence-electron chi connectivity index (χ3n) is 2.53. The maximum absolute atomic E-state index is 13.6. The van der Waals surface area contributed by atoms with Gasteiger partial charge in [0.25, 0.3) is 0 Å². The first kappa shape index (κ1) is 13.9. The highest BCUT2D eigenvalue weighted by molar-refractivity contribution is 5.31. The second-order valence-corrected chi connectivity index (χ2v) is 4.01. The van der Waals surface area contributed by atoms with Crippen molar-refractivity contribution in [1.82, 2.24) is 5.32 Å².